The van der Waals surface area contributed by atoms with Crippen LogP contribution in [-0.2, 0) is 0 Å². The lowest BCUT2D eigenvalue weighted by molar-refractivity contribution is -0.776. The van der Waals surface area contributed by atoms with Crippen LogP contribution in [0, 0.1) is 0 Å². The molecule has 0 atom stereocenters. The van der Waals surface area contributed by atoms with E-state index in [2.05, 4.69) is 20.6 Å². The Morgan fingerprint density at radius 1 is 1.56 bits per heavy atom. The zero-order valence-corrected chi connectivity index (χ0v) is 6.48. The van der Waals surface area contributed by atoms with Gasteiger partial charge < -0.3 is 4.48 Å². The van der Waals surface area contributed by atoms with E-state index >= 15 is 0 Å². The number of quaternary nitrogens is 1. The highest BCUT2D eigenvalue weighted by atomic mass is 15.4. The molecule has 1 fully saturated rings. The van der Waals surface area contributed by atoms with Crippen LogP contribution in [0.3, 0.4) is 0 Å². The Labute approximate surface area is 57.6 Å². The quantitative estimate of drug-likeness (QED) is 0.305. The maximum Gasteiger partial charge on any atom is 0.128 e. The van der Waals surface area contributed by atoms with Gasteiger partial charge in [0.05, 0.1) is 13.6 Å². The minimum atomic E-state index is 1.20. The van der Waals surface area contributed by atoms with E-state index < -0.39 is 0 Å². The van der Waals surface area contributed by atoms with Gasteiger partial charge in [-0.25, -0.2) is 0 Å². The third kappa shape index (κ3) is 2.19. The molecule has 1 aliphatic heterocycles. The van der Waals surface area contributed by atoms with Crippen LogP contribution in [0.4, 0.5) is 0 Å². The van der Waals surface area contributed by atoms with Crippen LogP contribution < -0.4 is 0 Å². The smallest absolute Gasteiger partial charge is 0.128 e. The molecule has 1 rings (SSSR count). The Bertz CT molecular complexity index is 123. The van der Waals surface area contributed by atoms with Crippen molar-refractivity contribution in [1.29, 1.82) is 0 Å². The molecule has 1 saturated heterocycles. The molecule has 0 aromatic heterocycles. The third-order valence-corrected chi connectivity index (χ3v) is 2.07. The Morgan fingerprint density at radius 2 is 2.11 bits per heavy atom. The summed E-state index contributed by atoms with van der Waals surface area (Å²) in [6.45, 7) is 10.0. The van der Waals surface area contributed by atoms with Crippen molar-refractivity contribution in [3.05, 3.63) is 12.2 Å². The number of likely N-dealkylation sites (N-methyl/N-ethyl adjacent to an activating group) is 1. The zero-order chi connectivity index (χ0) is 6.91. The summed E-state index contributed by atoms with van der Waals surface area (Å²) in [6.07, 6.45) is 1.20. The van der Waals surface area contributed by atoms with Gasteiger partial charge in [-0.05, 0) is 6.92 Å². The lowest BCUT2D eigenvalue weighted by Gasteiger charge is -2.10. The second-order valence-electron chi connectivity index (χ2n) is 3.50. The molecule has 0 N–H and O–H groups in total. The lowest BCUT2D eigenvalue weighted by atomic mass is 10.2. The SMILES string of the molecule is C=C(C)CC[N+]1(C)CC1. The molecule has 0 spiro atoms. The molecular weight excluding hydrogens is 110 g/mol. The third-order valence-electron chi connectivity index (χ3n) is 2.07. The van der Waals surface area contributed by atoms with Gasteiger partial charge in [-0.2, -0.15) is 0 Å². The molecule has 52 valence electrons. The molecule has 0 aromatic rings. The molecule has 9 heavy (non-hydrogen) atoms. The maximum atomic E-state index is 3.88. The predicted octanol–water partition coefficient (Wildman–Crippen LogP) is 1.41. The van der Waals surface area contributed by atoms with E-state index in [1.165, 1.54) is 36.1 Å². The van der Waals surface area contributed by atoms with Crippen molar-refractivity contribution >= 4 is 0 Å². The first-order chi connectivity index (χ1) is 4.12. The van der Waals surface area contributed by atoms with Crippen LogP contribution in [0.25, 0.3) is 0 Å². The predicted molar refractivity (Wildman–Crippen MR) is 40.2 cm³/mol. The Hall–Kier alpha value is -0.300. The number of hydrogen-bond acceptors (Lipinski definition) is 0. The minimum Gasteiger partial charge on any atom is -0.316 e. The first-order valence-corrected chi connectivity index (χ1v) is 3.60. The Balaban J connectivity index is 2.12. The summed E-state index contributed by atoms with van der Waals surface area (Å²) in [5, 5.41) is 0. The van der Waals surface area contributed by atoms with E-state index in [-0.39, 0.29) is 0 Å². The summed E-state index contributed by atoms with van der Waals surface area (Å²) in [6, 6.07) is 0. The minimum absolute atomic E-state index is 1.20. The summed E-state index contributed by atoms with van der Waals surface area (Å²) in [4.78, 5) is 0. The lowest BCUT2D eigenvalue weighted by Crippen LogP contribution is -2.20. The highest BCUT2D eigenvalue weighted by Gasteiger charge is 2.35. The molecule has 0 aromatic carbocycles. The topological polar surface area (TPSA) is 0 Å². The van der Waals surface area contributed by atoms with Gasteiger partial charge in [-0.3, -0.25) is 0 Å². The van der Waals surface area contributed by atoms with Crippen LogP contribution >= 0.6 is 0 Å². The normalized spacial score (nSPS) is 21.6. The molecular formula is C8H16N+. The molecule has 0 bridgehead atoms. The van der Waals surface area contributed by atoms with Gasteiger partial charge in [0.2, 0.25) is 0 Å². The second kappa shape index (κ2) is 2.14. The van der Waals surface area contributed by atoms with Gasteiger partial charge in [0.25, 0.3) is 0 Å². The summed E-state index contributed by atoms with van der Waals surface area (Å²) in [5.41, 5.74) is 1.32. The number of hydrogen-bond donors (Lipinski definition) is 0. The summed E-state index contributed by atoms with van der Waals surface area (Å²) >= 11 is 0. The van der Waals surface area contributed by atoms with Gasteiger partial charge in [0, 0.05) is 6.42 Å². The van der Waals surface area contributed by atoms with Crippen LogP contribution in [-0.4, -0.2) is 31.2 Å². The van der Waals surface area contributed by atoms with Crippen molar-refractivity contribution in [2.24, 2.45) is 0 Å². The fraction of sp³-hybridized carbons (Fsp3) is 0.750. The van der Waals surface area contributed by atoms with E-state index in [4.69, 9.17) is 0 Å². The number of rotatable bonds is 3. The molecule has 0 aliphatic carbocycles. The van der Waals surface area contributed by atoms with Gasteiger partial charge in [-0.1, -0.05) is 12.2 Å². The fourth-order valence-corrected chi connectivity index (χ4v) is 0.855. The van der Waals surface area contributed by atoms with Crippen molar-refractivity contribution in [3.8, 4) is 0 Å². The Morgan fingerprint density at radius 3 is 2.44 bits per heavy atom. The van der Waals surface area contributed by atoms with Gasteiger partial charge >= 0.3 is 0 Å². The first kappa shape index (κ1) is 6.81. The summed E-state index contributed by atoms with van der Waals surface area (Å²) < 4.78 is 1.28. The maximum absolute atomic E-state index is 3.88. The van der Waals surface area contributed by atoms with Gasteiger partial charge in [0.1, 0.15) is 13.1 Å². The molecule has 1 nitrogen and oxygen atoms in total. The molecule has 0 unspecified atom stereocenters. The molecule has 1 aliphatic rings. The van der Waals surface area contributed by atoms with E-state index in [0.29, 0.717) is 0 Å². The van der Waals surface area contributed by atoms with Crippen molar-refractivity contribution < 1.29 is 4.48 Å². The molecule has 0 radical (unpaired) electrons. The van der Waals surface area contributed by atoms with Crippen molar-refractivity contribution in [2.45, 2.75) is 13.3 Å². The number of nitrogens with zero attached hydrogens (tertiary/aromatic N) is 1. The summed E-state index contributed by atoms with van der Waals surface area (Å²) in [5.74, 6) is 0. The van der Waals surface area contributed by atoms with Crippen molar-refractivity contribution in [2.75, 3.05) is 26.7 Å². The van der Waals surface area contributed by atoms with Crippen LogP contribution in [0.15, 0.2) is 12.2 Å². The van der Waals surface area contributed by atoms with Crippen LogP contribution in [0.1, 0.15) is 13.3 Å². The van der Waals surface area contributed by atoms with Crippen molar-refractivity contribution in [3.63, 3.8) is 0 Å². The van der Waals surface area contributed by atoms with Crippen LogP contribution in [0.5, 0.6) is 0 Å². The first-order valence-electron chi connectivity index (χ1n) is 3.60. The van der Waals surface area contributed by atoms with E-state index in [1.54, 1.807) is 0 Å². The average Bonchev–Trinajstić information content (AvgIpc) is 2.45. The molecule has 0 saturated carbocycles. The summed E-state index contributed by atoms with van der Waals surface area (Å²) in [7, 11) is 2.31. The molecule has 0 amide bonds. The Kier molecular flexibility index (Phi) is 1.62. The van der Waals surface area contributed by atoms with Crippen molar-refractivity contribution in [1.82, 2.24) is 0 Å². The van der Waals surface area contributed by atoms with E-state index in [1.807, 2.05) is 0 Å². The standard InChI is InChI=1S/C8H16N/c1-8(2)4-5-9(3)6-7-9/h1,4-7H2,2-3H3/q+1. The highest BCUT2D eigenvalue weighted by molar-refractivity contribution is 4.87. The monoisotopic (exact) mass is 126 g/mol. The molecule has 1 heterocycles. The highest BCUT2D eigenvalue weighted by Crippen LogP contribution is 2.18. The fourth-order valence-electron chi connectivity index (χ4n) is 0.855. The molecule has 1 heteroatoms. The van der Waals surface area contributed by atoms with Gasteiger partial charge in [0.15, 0.2) is 0 Å². The average molecular weight is 126 g/mol. The largest absolute Gasteiger partial charge is 0.316 e. The van der Waals surface area contributed by atoms with E-state index in [9.17, 15) is 0 Å². The van der Waals surface area contributed by atoms with Gasteiger partial charge in [-0.15, -0.1) is 0 Å². The second-order valence-corrected chi connectivity index (χ2v) is 3.50. The zero-order valence-electron chi connectivity index (χ0n) is 6.48. The van der Waals surface area contributed by atoms with E-state index in [0.717, 1.165) is 0 Å². The van der Waals surface area contributed by atoms with Crippen LogP contribution in [0.2, 0.25) is 0 Å².